The van der Waals surface area contributed by atoms with E-state index in [0.717, 1.165) is 12.8 Å². The Labute approximate surface area is 170 Å². The number of rotatable bonds is 6. The van der Waals surface area contributed by atoms with Gasteiger partial charge in [-0.25, -0.2) is 13.4 Å². The number of pyridine rings is 1. The van der Waals surface area contributed by atoms with Crippen LogP contribution in [0, 0.1) is 5.92 Å². The van der Waals surface area contributed by atoms with E-state index in [2.05, 4.69) is 9.98 Å². The van der Waals surface area contributed by atoms with E-state index in [9.17, 15) is 8.42 Å². The molecule has 3 rings (SSSR count). The van der Waals surface area contributed by atoms with Crippen molar-refractivity contribution in [1.29, 1.82) is 0 Å². The molecule has 152 valence electrons. The highest BCUT2D eigenvalue weighted by Crippen LogP contribution is 2.33. The summed E-state index contributed by atoms with van der Waals surface area (Å²) in [4.78, 5) is 8.33. The number of sulfonamides is 1. The van der Waals surface area contributed by atoms with Crippen molar-refractivity contribution in [2.24, 2.45) is 22.4 Å². The molecule has 7 nitrogen and oxygen atoms in total. The van der Waals surface area contributed by atoms with Gasteiger partial charge in [-0.2, -0.15) is 9.30 Å². The second kappa shape index (κ2) is 8.63. The van der Waals surface area contributed by atoms with Gasteiger partial charge in [0.15, 0.2) is 11.8 Å². The molecular formula is C19H26ClN5O2S. The van der Waals surface area contributed by atoms with E-state index in [1.54, 1.807) is 22.5 Å². The third-order valence-electron chi connectivity index (χ3n) is 5.20. The highest BCUT2D eigenvalue weighted by molar-refractivity contribution is 7.89. The maximum atomic E-state index is 13.3. The van der Waals surface area contributed by atoms with E-state index >= 15 is 0 Å². The molecule has 0 spiro atoms. The van der Waals surface area contributed by atoms with E-state index in [1.807, 2.05) is 6.92 Å². The van der Waals surface area contributed by atoms with Crippen LogP contribution in [0.25, 0.3) is 10.8 Å². The van der Waals surface area contributed by atoms with Gasteiger partial charge < -0.3 is 11.5 Å². The topological polar surface area (TPSA) is 115 Å². The zero-order chi connectivity index (χ0) is 20.3. The SMILES string of the molecule is CCN(CC1CCCCC1)S(=O)(=O)c1ccc2c(Cl)cnc(N=C(N)N)c2c1. The summed E-state index contributed by atoms with van der Waals surface area (Å²) in [6.07, 6.45) is 7.19. The summed E-state index contributed by atoms with van der Waals surface area (Å²) in [5.41, 5.74) is 11.0. The molecule has 28 heavy (non-hydrogen) atoms. The number of aromatic nitrogens is 1. The van der Waals surface area contributed by atoms with Gasteiger partial charge in [-0.3, -0.25) is 0 Å². The molecule has 1 heterocycles. The fourth-order valence-corrected chi connectivity index (χ4v) is 5.51. The van der Waals surface area contributed by atoms with Gasteiger partial charge in [0.25, 0.3) is 0 Å². The van der Waals surface area contributed by atoms with E-state index in [-0.39, 0.29) is 16.7 Å². The standard InChI is InChI=1S/C19H26ClN5O2S/c1-2-25(12-13-6-4-3-5-7-13)28(26,27)14-8-9-15-16(10-14)18(24-19(21)22)23-11-17(15)20/h8-11,13H,2-7,12H2,1H3,(H4,21,22,23,24). The number of fused-ring (bicyclic) bond motifs is 1. The van der Waals surface area contributed by atoms with Gasteiger partial charge in [0, 0.05) is 30.1 Å². The van der Waals surface area contributed by atoms with Crippen molar-refractivity contribution in [1.82, 2.24) is 9.29 Å². The molecule has 2 aromatic rings. The van der Waals surface area contributed by atoms with Crippen molar-refractivity contribution in [3.05, 3.63) is 29.4 Å². The molecule has 0 atom stereocenters. The molecule has 1 aromatic carbocycles. The summed E-state index contributed by atoms with van der Waals surface area (Å²) in [5.74, 6) is 0.501. The van der Waals surface area contributed by atoms with Crippen molar-refractivity contribution < 1.29 is 8.42 Å². The lowest BCUT2D eigenvalue weighted by molar-refractivity contribution is 0.284. The third kappa shape index (κ3) is 4.39. The fourth-order valence-electron chi connectivity index (χ4n) is 3.75. The molecule has 1 aliphatic rings. The highest BCUT2D eigenvalue weighted by Gasteiger charge is 2.27. The molecule has 1 saturated carbocycles. The lowest BCUT2D eigenvalue weighted by Crippen LogP contribution is -2.35. The molecule has 9 heteroatoms. The maximum Gasteiger partial charge on any atom is 0.243 e. The number of hydrogen-bond donors (Lipinski definition) is 2. The summed E-state index contributed by atoms with van der Waals surface area (Å²) in [7, 11) is -3.65. The smallest absolute Gasteiger partial charge is 0.243 e. The van der Waals surface area contributed by atoms with E-state index in [1.165, 1.54) is 25.5 Å². The highest BCUT2D eigenvalue weighted by atomic mass is 35.5. The van der Waals surface area contributed by atoms with Crippen LogP contribution in [-0.4, -0.2) is 36.8 Å². The van der Waals surface area contributed by atoms with Crippen molar-refractivity contribution in [2.45, 2.75) is 43.9 Å². The zero-order valence-corrected chi connectivity index (χ0v) is 17.5. The predicted octanol–water partition coefficient (Wildman–Crippen LogP) is 3.38. The first kappa shape index (κ1) is 20.8. The summed E-state index contributed by atoms with van der Waals surface area (Å²) >= 11 is 6.22. The zero-order valence-electron chi connectivity index (χ0n) is 15.9. The van der Waals surface area contributed by atoms with Crippen LogP contribution in [0.4, 0.5) is 5.82 Å². The van der Waals surface area contributed by atoms with Crippen LogP contribution >= 0.6 is 11.6 Å². The molecule has 0 amide bonds. The Kier molecular flexibility index (Phi) is 6.42. The Morgan fingerprint density at radius 2 is 1.96 bits per heavy atom. The fraction of sp³-hybridized carbons (Fsp3) is 0.474. The minimum atomic E-state index is -3.65. The normalized spacial score (nSPS) is 15.8. The van der Waals surface area contributed by atoms with Crippen molar-refractivity contribution in [2.75, 3.05) is 13.1 Å². The average molecular weight is 424 g/mol. The van der Waals surface area contributed by atoms with Gasteiger partial charge in [0.2, 0.25) is 10.0 Å². The summed E-state index contributed by atoms with van der Waals surface area (Å²) < 4.78 is 28.1. The lowest BCUT2D eigenvalue weighted by atomic mass is 9.89. The molecule has 4 N–H and O–H groups in total. The minimum Gasteiger partial charge on any atom is -0.370 e. The number of halogens is 1. The van der Waals surface area contributed by atoms with Crippen molar-refractivity contribution in [3.8, 4) is 0 Å². The molecule has 0 unspecified atom stereocenters. The summed E-state index contributed by atoms with van der Waals surface area (Å²) in [6, 6.07) is 4.80. The Hall–Kier alpha value is -1.90. The van der Waals surface area contributed by atoms with E-state index < -0.39 is 10.0 Å². The lowest BCUT2D eigenvalue weighted by Gasteiger charge is -2.28. The van der Waals surface area contributed by atoms with Gasteiger partial charge >= 0.3 is 0 Å². The van der Waals surface area contributed by atoms with Crippen LogP contribution in [0.2, 0.25) is 5.02 Å². The average Bonchev–Trinajstić information content (AvgIpc) is 2.68. The number of benzene rings is 1. The largest absolute Gasteiger partial charge is 0.370 e. The van der Waals surface area contributed by atoms with Gasteiger partial charge in [-0.1, -0.05) is 43.9 Å². The van der Waals surface area contributed by atoms with Gasteiger partial charge in [-0.05, 0) is 30.9 Å². The Bertz CT molecular complexity index is 983. The third-order valence-corrected chi connectivity index (χ3v) is 7.44. The van der Waals surface area contributed by atoms with Crippen LogP contribution in [0.15, 0.2) is 34.3 Å². The molecule has 0 saturated heterocycles. The molecule has 0 bridgehead atoms. The van der Waals surface area contributed by atoms with Crippen molar-refractivity contribution >= 4 is 44.2 Å². The van der Waals surface area contributed by atoms with Gasteiger partial charge in [-0.15, -0.1) is 0 Å². The summed E-state index contributed by atoms with van der Waals surface area (Å²) in [6.45, 7) is 2.83. The number of nitrogens with two attached hydrogens (primary N) is 2. The minimum absolute atomic E-state index is 0.156. The first-order chi connectivity index (χ1) is 13.3. The van der Waals surface area contributed by atoms with E-state index in [4.69, 9.17) is 23.1 Å². The summed E-state index contributed by atoms with van der Waals surface area (Å²) in [5, 5.41) is 1.55. The Morgan fingerprint density at radius 3 is 2.61 bits per heavy atom. The predicted molar refractivity (Wildman–Crippen MR) is 113 cm³/mol. The Balaban J connectivity index is 2.01. The quantitative estimate of drug-likeness (QED) is 0.545. The number of nitrogens with zero attached hydrogens (tertiary/aromatic N) is 3. The first-order valence-corrected chi connectivity index (χ1v) is 11.3. The molecule has 0 aliphatic heterocycles. The van der Waals surface area contributed by atoms with E-state index in [0.29, 0.717) is 34.8 Å². The maximum absolute atomic E-state index is 13.3. The van der Waals surface area contributed by atoms with Crippen LogP contribution in [0.3, 0.4) is 0 Å². The van der Waals surface area contributed by atoms with Gasteiger partial charge in [0.05, 0.1) is 9.92 Å². The molecule has 0 radical (unpaired) electrons. The second-order valence-corrected chi connectivity index (χ2v) is 9.48. The van der Waals surface area contributed by atoms with Crippen LogP contribution < -0.4 is 11.5 Å². The van der Waals surface area contributed by atoms with Gasteiger partial charge in [0.1, 0.15) is 0 Å². The number of aliphatic imine (C=N–C) groups is 1. The molecule has 1 fully saturated rings. The first-order valence-electron chi connectivity index (χ1n) is 9.51. The molecule has 1 aliphatic carbocycles. The molecule has 1 aromatic heterocycles. The van der Waals surface area contributed by atoms with Crippen LogP contribution in [-0.2, 0) is 10.0 Å². The Morgan fingerprint density at radius 1 is 1.25 bits per heavy atom. The van der Waals surface area contributed by atoms with Crippen molar-refractivity contribution in [3.63, 3.8) is 0 Å². The van der Waals surface area contributed by atoms with Crippen LogP contribution in [0.5, 0.6) is 0 Å². The number of guanidine groups is 1. The molecular weight excluding hydrogens is 398 g/mol. The number of hydrogen-bond acceptors (Lipinski definition) is 4. The van der Waals surface area contributed by atoms with Crippen LogP contribution in [0.1, 0.15) is 39.0 Å². The monoisotopic (exact) mass is 423 g/mol. The second-order valence-electron chi connectivity index (χ2n) is 7.13.